The van der Waals surface area contributed by atoms with Gasteiger partial charge >= 0.3 is 0 Å². The lowest BCUT2D eigenvalue weighted by atomic mass is 10.3. The zero-order valence-electron chi connectivity index (χ0n) is 7.98. The summed E-state index contributed by atoms with van der Waals surface area (Å²) in [5.74, 6) is 0.413. The van der Waals surface area contributed by atoms with Crippen molar-refractivity contribution in [3.63, 3.8) is 0 Å². The first-order valence-corrected chi connectivity index (χ1v) is 4.37. The molecule has 0 aromatic carbocycles. The van der Waals surface area contributed by atoms with Crippen LogP contribution in [0.5, 0.6) is 0 Å². The van der Waals surface area contributed by atoms with Crippen LogP contribution in [0.25, 0.3) is 0 Å². The minimum Gasteiger partial charge on any atom is -0.370 e. The molecule has 0 saturated heterocycles. The Balaban J connectivity index is 2.42. The lowest BCUT2D eigenvalue weighted by molar-refractivity contribution is 0.940. The van der Waals surface area contributed by atoms with Gasteiger partial charge in [-0.3, -0.25) is 4.98 Å². The van der Waals surface area contributed by atoms with Crippen LogP contribution in [0, 0.1) is 0 Å². The van der Waals surface area contributed by atoms with Crippen LogP contribution < -0.4 is 11.1 Å². The molecular weight excluding hydrogens is 176 g/mol. The van der Waals surface area contributed by atoms with Gasteiger partial charge in [0.15, 0.2) is 5.96 Å². The minimum atomic E-state index is 0.413. The Morgan fingerprint density at radius 2 is 2.50 bits per heavy atom. The third-order valence-electron chi connectivity index (χ3n) is 1.57. The van der Waals surface area contributed by atoms with Crippen LogP contribution >= 0.6 is 0 Å². The van der Waals surface area contributed by atoms with Gasteiger partial charge in [-0.1, -0.05) is 12.1 Å². The van der Waals surface area contributed by atoms with Crippen molar-refractivity contribution in [3.8, 4) is 0 Å². The lowest BCUT2D eigenvalue weighted by Crippen LogP contribution is -2.31. The molecule has 4 nitrogen and oxygen atoms in total. The summed E-state index contributed by atoms with van der Waals surface area (Å²) in [6, 6.07) is 5.70. The summed E-state index contributed by atoms with van der Waals surface area (Å²) in [5, 5.41) is 2.88. The topological polar surface area (TPSA) is 63.3 Å². The van der Waals surface area contributed by atoms with E-state index in [0.29, 0.717) is 19.0 Å². The van der Waals surface area contributed by atoms with E-state index >= 15 is 0 Å². The van der Waals surface area contributed by atoms with Crippen LogP contribution in [0.4, 0.5) is 0 Å². The van der Waals surface area contributed by atoms with Crippen molar-refractivity contribution in [2.45, 2.75) is 6.54 Å². The van der Waals surface area contributed by atoms with Crippen molar-refractivity contribution < 1.29 is 0 Å². The van der Waals surface area contributed by atoms with Gasteiger partial charge in [0.2, 0.25) is 0 Å². The molecule has 0 aliphatic rings. The summed E-state index contributed by atoms with van der Waals surface area (Å²) in [6.07, 6.45) is 3.46. The van der Waals surface area contributed by atoms with Crippen LogP contribution in [0.1, 0.15) is 5.69 Å². The number of rotatable bonds is 4. The second kappa shape index (κ2) is 5.75. The predicted molar refractivity (Wildman–Crippen MR) is 57.8 cm³/mol. The van der Waals surface area contributed by atoms with Gasteiger partial charge in [0, 0.05) is 12.7 Å². The number of aliphatic imine (C=N–C) groups is 1. The Morgan fingerprint density at radius 1 is 1.64 bits per heavy atom. The van der Waals surface area contributed by atoms with Crippen LogP contribution in [0.2, 0.25) is 0 Å². The maximum Gasteiger partial charge on any atom is 0.189 e. The smallest absolute Gasteiger partial charge is 0.189 e. The van der Waals surface area contributed by atoms with E-state index in [1.54, 1.807) is 12.3 Å². The Hall–Kier alpha value is -1.84. The van der Waals surface area contributed by atoms with Crippen molar-refractivity contribution in [1.29, 1.82) is 0 Å². The van der Waals surface area contributed by atoms with Crippen molar-refractivity contribution in [3.05, 3.63) is 42.7 Å². The average molecular weight is 190 g/mol. The molecule has 1 rings (SSSR count). The fraction of sp³-hybridized carbons (Fsp3) is 0.200. The fourth-order valence-electron chi connectivity index (χ4n) is 0.890. The second-order valence-electron chi connectivity index (χ2n) is 2.69. The van der Waals surface area contributed by atoms with Crippen molar-refractivity contribution in [1.82, 2.24) is 10.3 Å². The first kappa shape index (κ1) is 10.2. The van der Waals surface area contributed by atoms with Crippen LogP contribution in [0.3, 0.4) is 0 Å². The number of nitrogens with two attached hydrogens (primary N) is 1. The van der Waals surface area contributed by atoms with Gasteiger partial charge in [-0.25, -0.2) is 4.99 Å². The largest absolute Gasteiger partial charge is 0.370 e. The third kappa shape index (κ3) is 3.71. The summed E-state index contributed by atoms with van der Waals surface area (Å²) < 4.78 is 0. The molecule has 14 heavy (non-hydrogen) atoms. The van der Waals surface area contributed by atoms with Gasteiger partial charge in [0.25, 0.3) is 0 Å². The highest BCUT2D eigenvalue weighted by Gasteiger charge is 1.91. The summed E-state index contributed by atoms with van der Waals surface area (Å²) >= 11 is 0. The maximum atomic E-state index is 5.57. The van der Waals surface area contributed by atoms with E-state index in [9.17, 15) is 0 Å². The van der Waals surface area contributed by atoms with E-state index in [-0.39, 0.29) is 0 Å². The summed E-state index contributed by atoms with van der Waals surface area (Å²) in [5.41, 5.74) is 6.47. The van der Waals surface area contributed by atoms with Gasteiger partial charge in [-0.2, -0.15) is 0 Å². The van der Waals surface area contributed by atoms with Crippen molar-refractivity contribution in [2.75, 3.05) is 6.54 Å². The van der Waals surface area contributed by atoms with Gasteiger partial charge in [0.05, 0.1) is 12.2 Å². The highest BCUT2D eigenvalue weighted by molar-refractivity contribution is 5.77. The molecule has 1 aromatic heterocycles. The third-order valence-corrected chi connectivity index (χ3v) is 1.57. The quantitative estimate of drug-likeness (QED) is 0.417. The van der Waals surface area contributed by atoms with Gasteiger partial charge in [-0.15, -0.1) is 6.58 Å². The maximum absolute atomic E-state index is 5.57. The second-order valence-corrected chi connectivity index (χ2v) is 2.69. The SMILES string of the molecule is C=CCNC(N)=NCc1ccccn1. The molecule has 0 saturated carbocycles. The first-order valence-electron chi connectivity index (χ1n) is 4.37. The number of nitrogens with one attached hydrogen (secondary N) is 1. The predicted octanol–water partition coefficient (Wildman–Crippen LogP) is 0.672. The van der Waals surface area contributed by atoms with E-state index < -0.39 is 0 Å². The molecule has 0 radical (unpaired) electrons. The van der Waals surface area contributed by atoms with Crippen molar-refractivity contribution in [2.24, 2.45) is 10.7 Å². The molecule has 0 fully saturated rings. The Labute approximate surface area is 83.6 Å². The number of aromatic nitrogens is 1. The summed E-state index contributed by atoms with van der Waals surface area (Å²) in [6.45, 7) is 4.68. The highest BCUT2D eigenvalue weighted by atomic mass is 15.1. The van der Waals surface area contributed by atoms with Crippen molar-refractivity contribution >= 4 is 5.96 Å². The molecule has 4 heteroatoms. The normalized spacial score (nSPS) is 11.0. The van der Waals surface area contributed by atoms with Gasteiger partial charge in [0.1, 0.15) is 0 Å². The molecule has 1 aromatic rings. The number of guanidine groups is 1. The molecular formula is C10H14N4. The molecule has 0 spiro atoms. The zero-order chi connectivity index (χ0) is 10.2. The monoisotopic (exact) mass is 190 g/mol. The van der Waals surface area contributed by atoms with E-state index in [4.69, 9.17) is 5.73 Å². The van der Waals surface area contributed by atoms with E-state index in [1.807, 2.05) is 18.2 Å². The molecule has 0 unspecified atom stereocenters. The molecule has 0 atom stereocenters. The number of nitrogens with zero attached hydrogens (tertiary/aromatic N) is 2. The van der Waals surface area contributed by atoms with E-state index in [0.717, 1.165) is 5.69 Å². The standard InChI is InChI=1S/C10H14N4/c1-2-6-13-10(11)14-8-9-5-3-4-7-12-9/h2-5,7H,1,6,8H2,(H3,11,13,14). The number of pyridine rings is 1. The Bertz CT molecular complexity index is 305. The van der Waals surface area contributed by atoms with E-state index in [2.05, 4.69) is 21.9 Å². The highest BCUT2D eigenvalue weighted by Crippen LogP contribution is 1.94. The Kier molecular flexibility index (Phi) is 4.20. The lowest BCUT2D eigenvalue weighted by Gasteiger charge is -2.01. The minimum absolute atomic E-state index is 0.413. The van der Waals surface area contributed by atoms with Crippen LogP contribution in [-0.4, -0.2) is 17.5 Å². The first-order chi connectivity index (χ1) is 6.83. The molecule has 74 valence electrons. The summed E-state index contributed by atoms with van der Waals surface area (Å²) in [7, 11) is 0. The summed E-state index contributed by atoms with van der Waals surface area (Å²) in [4.78, 5) is 8.23. The number of hydrogen-bond donors (Lipinski definition) is 2. The molecule has 0 aliphatic carbocycles. The van der Waals surface area contributed by atoms with Crippen LogP contribution in [0.15, 0.2) is 42.0 Å². The van der Waals surface area contributed by atoms with Gasteiger partial charge in [-0.05, 0) is 12.1 Å². The molecule has 0 amide bonds. The average Bonchev–Trinajstić information content (AvgIpc) is 2.25. The molecule has 1 heterocycles. The molecule has 0 aliphatic heterocycles. The zero-order valence-corrected chi connectivity index (χ0v) is 7.98. The fourth-order valence-corrected chi connectivity index (χ4v) is 0.890. The van der Waals surface area contributed by atoms with Gasteiger partial charge < -0.3 is 11.1 Å². The Morgan fingerprint density at radius 3 is 3.14 bits per heavy atom. The van der Waals surface area contributed by atoms with E-state index in [1.165, 1.54) is 0 Å². The molecule has 0 bridgehead atoms. The molecule has 3 N–H and O–H groups in total. The number of hydrogen-bond acceptors (Lipinski definition) is 2. The van der Waals surface area contributed by atoms with Crippen LogP contribution in [-0.2, 0) is 6.54 Å².